The Morgan fingerprint density at radius 2 is 1.26 bits per heavy atom. The van der Waals surface area contributed by atoms with E-state index < -0.39 is 7.60 Å². The summed E-state index contributed by atoms with van der Waals surface area (Å²) in [5.41, 5.74) is 3.41. The molecule has 7 heteroatoms. The van der Waals surface area contributed by atoms with Crippen molar-refractivity contribution < 1.29 is 18.4 Å². The summed E-state index contributed by atoms with van der Waals surface area (Å²) in [6.07, 6.45) is 1.16. The summed E-state index contributed by atoms with van der Waals surface area (Å²) in [7, 11) is -3.14. The van der Waals surface area contributed by atoms with Gasteiger partial charge < -0.3 is 19.7 Å². The highest BCUT2D eigenvalue weighted by Gasteiger charge is 2.23. The van der Waals surface area contributed by atoms with E-state index in [1.165, 1.54) is 5.56 Å². The first kappa shape index (κ1) is 21.2. The number of nitrogens with one attached hydrogen (secondary N) is 2. The molecule has 0 fully saturated rings. The minimum atomic E-state index is -3.14. The second kappa shape index (κ2) is 10.3. The van der Waals surface area contributed by atoms with Gasteiger partial charge in [0.05, 0.1) is 19.4 Å². The van der Waals surface area contributed by atoms with Gasteiger partial charge in [0.25, 0.3) is 0 Å². The van der Waals surface area contributed by atoms with Crippen LogP contribution in [0.3, 0.4) is 0 Å². The minimum absolute atomic E-state index is 0.199. The van der Waals surface area contributed by atoms with Crippen molar-refractivity contribution >= 4 is 25.0 Å². The zero-order chi connectivity index (χ0) is 19.7. The van der Waals surface area contributed by atoms with Crippen LogP contribution in [0.15, 0.2) is 48.5 Å². The molecule has 2 N–H and O–H groups in total. The molecule has 0 aliphatic rings. The molecule has 0 saturated heterocycles. The molecule has 2 rings (SSSR count). The molecule has 0 spiro atoms. The third-order valence-corrected chi connectivity index (χ3v) is 5.92. The molecule has 0 bridgehead atoms. The van der Waals surface area contributed by atoms with E-state index in [0.29, 0.717) is 18.9 Å². The number of urea groups is 1. The van der Waals surface area contributed by atoms with Gasteiger partial charge in [0.2, 0.25) is 0 Å². The molecule has 27 heavy (non-hydrogen) atoms. The fourth-order valence-electron chi connectivity index (χ4n) is 2.56. The van der Waals surface area contributed by atoms with Crippen molar-refractivity contribution in [2.75, 3.05) is 23.8 Å². The van der Waals surface area contributed by atoms with Crippen LogP contribution >= 0.6 is 7.60 Å². The van der Waals surface area contributed by atoms with Crippen molar-refractivity contribution in [3.63, 3.8) is 0 Å². The summed E-state index contributed by atoms with van der Waals surface area (Å²) in [6.45, 7) is 6.31. The van der Waals surface area contributed by atoms with Crippen molar-refractivity contribution in [2.24, 2.45) is 0 Å². The Hall–Kier alpha value is -2.14. The molecule has 0 radical (unpaired) electrons. The maximum absolute atomic E-state index is 12.6. The lowest BCUT2D eigenvalue weighted by atomic mass is 10.1. The second-order valence-electron chi connectivity index (χ2n) is 5.93. The van der Waals surface area contributed by atoms with Gasteiger partial charge in [-0.3, -0.25) is 4.57 Å². The quantitative estimate of drug-likeness (QED) is 0.542. The molecule has 0 unspecified atom stereocenters. The fraction of sp³-hybridized carbons (Fsp3) is 0.350. The molecule has 2 aromatic rings. The topological polar surface area (TPSA) is 76.7 Å². The van der Waals surface area contributed by atoms with Gasteiger partial charge in [-0.25, -0.2) is 4.79 Å². The van der Waals surface area contributed by atoms with Crippen molar-refractivity contribution in [1.29, 1.82) is 0 Å². The Morgan fingerprint density at radius 3 is 1.67 bits per heavy atom. The first-order chi connectivity index (χ1) is 13.0. The summed E-state index contributed by atoms with van der Waals surface area (Å²) in [5, 5.41) is 5.57. The van der Waals surface area contributed by atoms with Gasteiger partial charge in [-0.05, 0) is 55.7 Å². The van der Waals surface area contributed by atoms with Crippen LogP contribution in [0.4, 0.5) is 16.2 Å². The largest absolute Gasteiger partial charge is 0.335 e. The van der Waals surface area contributed by atoms with Crippen LogP contribution in [-0.4, -0.2) is 19.2 Å². The van der Waals surface area contributed by atoms with Gasteiger partial charge >= 0.3 is 13.6 Å². The van der Waals surface area contributed by atoms with Gasteiger partial charge in [-0.1, -0.05) is 31.2 Å². The lowest BCUT2D eigenvalue weighted by molar-refractivity contribution is 0.219. The molecule has 0 aliphatic carbocycles. The Kier molecular flexibility index (Phi) is 8.04. The third-order valence-electron chi connectivity index (χ3n) is 3.86. The SMILES string of the molecule is CCOP(=O)(Cc1ccc(NC(=O)Nc2ccc(CC)cc2)cc1)OCC. The Bertz CT molecular complexity index is 766. The highest BCUT2D eigenvalue weighted by molar-refractivity contribution is 7.53. The zero-order valence-corrected chi connectivity index (χ0v) is 16.9. The number of hydrogen-bond acceptors (Lipinski definition) is 4. The van der Waals surface area contributed by atoms with Crippen molar-refractivity contribution in [2.45, 2.75) is 33.4 Å². The predicted molar refractivity (Wildman–Crippen MR) is 109 cm³/mol. The molecular formula is C20H27N2O4P. The van der Waals surface area contributed by atoms with Crippen LogP contribution in [-0.2, 0) is 26.2 Å². The molecule has 0 aromatic heterocycles. The van der Waals surface area contributed by atoms with Gasteiger partial charge in [-0.2, -0.15) is 0 Å². The summed E-state index contributed by atoms with van der Waals surface area (Å²) in [6, 6.07) is 14.5. The van der Waals surface area contributed by atoms with E-state index in [0.717, 1.165) is 17.7 Å². The second-order valence-corrected chi connectivity index (χ2v) is 7.99. The molecule has 2 aromatic carbocycles. The molecule has 6 nitrogen and oxygen atoms in total. The van der Waals surface area contributed by atoms with Crippen molar-refractivity contribution in [3.05, 3.63) is 59.7 Å². The van der Waals surface area contributed by atoms with Crippen LogP contribution in [0, 0.1) is 0 Å². The summed E-state index contributed by atoms with van der Waals surface area (Å²) in [5.74, 6) is 0. The summed E-state index contributed by atoms with van der Waals surface area (Å²) in [4.78, 5) is 12.1. The first-order valence-electron chi connectivity index (χ1n) is 9.12. The Morgan fingerprint density at radius 1 is 0.815 bits per heavy atom. The number of hydrogen-bond donors (Lipinski definition) is 2. The fourth-order valence-corrected chi connectivity index (χ4v) is 4.26. The molecule has 2 amide bonds. The smallest absolute Gasteiger partial charge is 0.309 e. The van der Waals surface area contributed by atoms with E-state index in [2.05, 4.69) is 17.6 Å². The van der Waals surface area contributed by atoms with E-state index in [4.69, 9.17) is 9.05 Å². The van der Waals surface area contributed by atoms with Gasteiger partial charge in [0.15, 0.2) is 0 Å². The number of amides is 2. The van der Waals surface area contributed by atoms with Crippen LogP contribution < -0.4 is 10.6 Å². The van der Waals surface area contributed by atoms with Gasteiger partial charge in [0.1, 0.15) is 0 Å². The van der Waals surface area contributed by atoms with E-state index in [9.17, 15) is 9.36 Å². The number of carbonyl (C=O) groups is 1. The Labute approximate surface area is 160 Å². The van der Waals surface area contributed by atoms with Crippen LogP contribution in [0.1, 0.15) is 31.9 Å². The first-order valence-corrected chi connectivity index (χ1v) is 10.8. The molecule has 0 atom stereocenters. The van der Waals surface area contributed by atoms with Crippen LogP contribution in [0.2, 0.25) is 0 Å². The van der Waals surface area contributed by atoms with Crippen LogP contribution in [0.5, 0.6) is 0 Å². The lowest BCUT2D eigenvalue weighted by Crippen LogP contribution is -2.19. The number of carbonyl (C=O) groups excluding carboxylic acids is 1. The van der Waals surface area contributed by atoms with E-state index in [1.807, 2.05) is 24.3 Å². The number of aryl methyl sites for hydroxylation is 1. The summed E-state index contributed by atoms with van der Waals surface area (Å²) < 4.78 is 23.2. The maximum atomic E-state index is 12.6. The van der Waals surface area contributed by atoms with Crippen molar-refractivity contribution in [1.82, 2.24) is 0 Å². The monoisotopic (exact) mass is 390 g/mol. The predicted octanol–water partition coefficient (Wildman–Crippen LogP) is 5.66. The molecular weight excluding hydrogens is 363 g/mol. The number of rotatable bonds is 9. The van der Waals surface area contributed by atoms with E-state index in [1.54, 1.807) is 38.1 Å². The number of benzene rings is 2. The average Bonchev–Trinajstić information content (AvgIpc) is 2.64. The molecule has 146 valence electrons. The van der Waals surface area contributed by atoms with Gasteiger partial charge in [-0.15, -0.1) is 0 Å². The standard InChI is InChI=1S/C20H27N2O4P/c1-4-16-7-11-18(12-8-16)21-20(23)22-19-13-9-17(10-14-19)15-27(24,25-5-2)26-6-3/h7-14H,4-6,15H2,1-3H3,(H2,21,22,23). The lowest BCUT2D eigenvalue weighted by Gasteiger charge is -2.17. The average molecular weight is 390 g/mol. The highest BCUT2D eigenvalue weighted by Crippen LogP contribution is 2.51. The minimum Gasteiger partial charge on any atom is -0.309 e. The molecule has 0 saturated carbocycles. The normalized spacial score (nSPS) is 11.2. The van der Waals surface area contributed by atoms with Crippen molar-refractivity contribution in [3.8, 4) is 0 Å². The van der Waals surface area contributed by atoms with Crippen LogP contribution in [0.25, 0.3) is 0 Å². The third kappa shape index (κ3) is 6.83. The summed E-state index contributed by atoms with van der Waals surface area (Å²) >= 11 is 0. The number of anilines is 2. The molecule has 0 heterocycles. The highest BCUT2D eigenvalue weighted by atomic mass is 31.2. The molecule has 0 aliphatic heterocycles. The maximum Gasteiger partial charge on any atom is 0.335 e. The Balaban J connectivity index is 1.94. The zero-order valence-electron chi connectivity index (χ0n) is 16.0. The van der Waals surface area contributed by atoms with E-state index >= 15 is 0 Å². The van der Waals surface area contributed by atoms with Gasteiger partial charge in [0, 0.05) is 11.4 Å². The van der Waals surface area contributed by atoms with E-state index in [-0.39, 0.29) is 12.2 Å².